The molecule has 7 nitrogen and oxygen atoms in total. The van der Waals surface area contributed by atoms with Crippen molar-refractivity contribution in [3.63, 3.8) is 0 Å². The predicted octanol–water partition coefficient (Wildman–Crippen LogP) is 3.07. The van der Waals surface area contributed by atoms with Crippen molar-refractivity contribution in [3.05, 3.63) is 107 Å². The summed E-state index contributed by atoms with van der Waals surface area (Å²) < 4.78 is 52.4. The highest BCUT2D eigenvalue weighted by molar-refractivity contribution is 7.89. The van der Waals surface area contributed by atoms with Crippen molar-refractivity contribution in [1.82, 2.24) is 20.1 Å². The first-order valence-corrected chi connectivity index (χ1v) is 11.6. The second kappa shape index (κ2) is 9.57. The molecule has 0 unspecified atom stereocenters. The highest BCUT2D eigenvalue weighted by Gasteiger charge is 2.18. The standard InChI is InChI=1S/C23H21F2N5O2S/c24-18-8-6-17(7-9-18)14-27-15-22-28-23(12-16-4-2-1-3-5-16)30(29-22)21-11-10-19(13-20(21)25)33(26,31)32/h1-11,13,27H,12,14-15H2,(H2,26,31,32). The van der Waals surface area contributed by atoms with Gasteiger partial charge in [-0.05, 0) is 41.5 Å². The van der Waals surface area contributed by atoms with E-state index in [2.05, 4.69) is 15.4 Å². The molecule has 0 amide bonds. The van der Waals surface area contributed by atoms with Crippen molar-refractivity contribution in [3.8, 4) is 5.69 Å². The molecule has 4 aromatic rings. The summed E-state index contributed by atoms with van der Waals surface area (Å²) in [5, 5.41) is 12.7. The van der Waals surface area contributed by atoms with Crippen LogP contribution in [0.4, 0.5) is 8.78 Å². The van der Waals surface area contributed by atoms with E-state index >= 15 is 0 Å². The first-order valence-electron chi connectivity index (χ1n) is 10.1. The fraction of sp³-hybridized carbons (Fsp3) is 0.130. The number of benzene rings is 3. The van der Waals surface area contributed by atoms with E-state index in [9.17, 15) is 17.2 Å². The monoisotopic (exact) mass is 469 g/mol. The Morgan fingerprint density at radius 1 is 0.909 bits per heavy atom. The lowest BCUT2D eigenvalue weighted by molar-refractivity contribution is 0.586. The molecule has 170 valence electrons. The van der Waals surface area contributed by atoms with Gasteiger partial charge in [-0.15, -0.1) is 5.10 Å². The number of nitrogens with one attached hydrogen (secondary N) is 1. The zero-order chi connectivity index (χ0) is 23.4. The van der Waals surface area contributed by atoms with Crippen LogP contribution in [0.15, 0.2) is 77.7 Å². The number of rotatable bonds is 8. The molecule has 0 radical (unpaired) electrons. The molecule has 0 bridgehead atoms. The van der Waals surface area contributed by atoms with Crippen LogP contribution in [0.2, 0.25) is 0 Å². The molecular weight excluding hydrogens is 448 g/mol. The van der Waals surface area contributed by atoms with Gasteiger partial charge in [0.2, 0.25) is 10.0 Å². The summed E-state index contributed by atoms with van der Waals surface area (Å²) in [5.41, 5.74) is 1.91. The third-order valence-electron chi connectivity index (χ3n) is 4.92. The zero-order valence-electron chi connectivity index (χ0n) is 17.4. The molecule has 33 heavy (non-hydrogen) atoms. The Labute approximate surface area is 190 Å². The lowest BCUT2D eigenvalue weighted by Crippen LogP contribution is -2.14. The van der Waals surface area contributed by atoms with Gasteiger partial charge in [-0.1, -0.05) is 42.5 Å². The highest BCUT2D eigenvalue weighted by Crippen LogP contribution is 2.20. The molecule has 1 heterocycles. The molecule has 0 aliphatic heterocycles. The largest absolute Gasteiger partial charge is 0.306 e. The van der Waals surface area contributed by atoms with Gasteiger partial charge in [-0.3, -0.25) is 0 Å². The van der Waals surface area contributed by atoms with Crippen LogP contribution in [0, 0.1) is 11.6 Å². The number of halogens is 2. The minimum absolute atomic E-state index is 0.0608. The summed E-state index contributed by atoms with van der Waals surface area (Å²) in [6.07, 6.45) is 0.391. The summed E-state index contributed by atoms with van der Waals surface area (Å²) in [6, 6.07) is 19.1. The number of sulfonamides is 1. The maximum Gasteiger partial charge on any atom is 0.238 e. The molecule has 0 saturated carbocycles. The molecule has 0 saturated heterocycles. The Hall–Kier alpha value is -3.47. The normalized spacial score (nSPS) is 11.6. The minimum Gasteiger partial charge on any atom is -0.306 e. The van der Waals surface area contributed by atoms with E-state index in [-0.39, 0.29) is 16.4 Å². The molecule has 3 aromatic carbocycles. The second-order valence-corrected chi connectivity index (χ2v) is 8.97. The van der Waals surface area contributed by atoms with E-state index in [0.29, 0.717) is 31.2 Å². The summed E-state index contributed by atoms with van der Waals surface area (Å²) in [5.74, 6) is -0.174. The van der Waals surface area contributed by atoms with Crippen LogP contribution in [0.25, 0.3) is 5.69 Å². The van der Waals surface area contributed by atoms with Gasteiger partial charge in [0.15, 0.2) is 5.82 Å². The van der Waals surface area contributed by atoms with Crippen LogP contribution in [0.1, 0.15) is 22.8 Å². The van der Waals surface area contributed by atoms with Crippen molar-refractivity contribution in [1.29, 1.82) is 0 Å². The van der Waals surface area contributed by atoms with E-state index in [0.717, 1.165) is 17.2 Å². The Morgan fingerprint density at radius 2 is 1.64 bits per heavy atom. The fourth-order valence-electron chi connectivity index (χ4n) is 3.31. The van der Waals surface area contributed by atoms with Gasteiger partial charge in [-0.25, -0.2) is 32.0 Å². The van der Waals surface area contributed by atoms with Gasteiger partial charge >= 0.3 is 0 Å². The average molecular weight is 470 g/mol. The van der Waals surface area contributed by atoms with Crippen LogP contribution in [-0.2, 0) is 29.5 Å². The lowest BCUT2D eigenvalue weighted by atomic mass is 10.1. The number of primary sulfonamides is 1. The van der Waals surface area contributed by atoms with E-state index in [1.165, 1.54) is 28.9 Å². The predicted molar refractivity (Wildman–Crippen MR) is 119 cm³/mol. The number of aromatic nitrogens is 3. The molecule has 10 heteroatoms. The van der Waals surface area contributed by atoms with E-state index in [4.69, 9.17) is 5.14 Å². The van der Waals surface area contributed by atoms with Crippen molar-refractivity contribution in [2.24, 2.45) is 5.14 Å². The molecule has 1 aromatic heterocycles. The number of hydrogen-bond acceptors (Lipinski definition) is 5. The topological polar surface area (TPSA) is 103 Å². The zero-order valence-corrected chi connectivity index (χ0v) is 18.3. The third-order valence-corrected chi connectivity index (χ3v) is 5.84. The molecule has 0 spiro atoms. The second-order valence-electron chi connectivity index (χ2n) is 7.41. The van der Waals surface area contributed by atoms with E-state index in [1.54, 1.807) is 12.1 Å². The Morgan fingerprint density at radius 3 is 2.30 bits per heavy atom. The smallest absolute Gasteiger partial charge is 0.238 e. The first kappa shape index (κ1) is 22.7. The highest BCUT2D eigenvalue weighted by atomic mass is 32.2. The summed E-state index contributed by atoms with van der Waals surface area (Å²) in [7, 11) is -4.04. The fourth-order valence-corrected chi connectivity index (χ4v) is 3.84. The lowest BCUT2D eigenvalue weighted by Gasteiger charge is -2.08. The molecule has 0 fully saturated rings. The number of nitrogens with zero attached hydrogens (tertiary/aromatic N) is 3. The minimum atomic E-state index is -4.04. The molecule has 0 aliphatic rings. The summed E-state index contributed by atoms with van der Waals surface area (Å²) in [6.45, 7) is 0.767. The van der Waals surface area contributed by atoms with E-state index < -0.39 is 15.8 Å². The van der Waals surface area contributed by atoms with Crippen molar-refractivity contribution in [2.45, 2.75) is 24.4 Å². The molecule has 0 atom stereocenters. The number of hydrogen-bond donors (Lipinski definition) is 2. The van der Waals surface area contributed by atoms with Gasteiger partial charge in [-0.2, -0.15) is 0 Å². The van der Waals surface area contributed by atoms with Gasteiger partial charge in [0.05, 0.1) is 11.4 Å². The van der Waals surface area contributed by atoms with Crippen molar-refractivity contribution in [2.75, 3.05) is 0 Å². The Balaban J connectivity index is 1.61. The quantitative estimate of drug-likeness (QED) is 0.413. The maximum atomic E-state index is 14.8. The van der Waals surface area contributed by atoms with Crippen LogP contribution in [0.5, 0.6) is 0 Å². The third kappa shape index (κ3) is 5.67. The Kier molecular flexibility index (Phi) is 6.59. The maximum absolute atomic E-state index is 14.8. The average Bonchev–Trinajstić information content (AvgIpc) is 3.17. The molecule has 3 N–H and O–H groups in total. The first-order chi connectivity index (χ1) is 15.8. The summed E-state index contributed by atoms with van der Waals surface area (Å²) >= 11 is 0. The molecule has 0 aliphatic carbocycles. The molecular formula is C23H21F2N5O2S. The van der Waals surface area contributed by atoms with Gasteiger partial charge in [0.25, 0.3) is 0 Å². The van der Waals surface area contributed by atoms with Gasteiger partial charge < -0.3 is 5.32 Å². The van der Waals surface area contributed by atoms with Crippen molar-refractivity contribution >= 4 is 10.0 Å². The SMILES string of the molecule is NS(=O)(=O)c1ccc(-n2nc(CNCc3ccc(F)cc3)nc2Cc2ccccc2)c(F)c1. The van der Waals surface area contributed by atoms with Crippen LogP contribution in [0.3, 0.4) is 0 Å². The molecule has 4 rings (SSSR count). The van der Waals surface area contributed by atoms with E-state index in [1.807, 2.05) is 30.3 Å². The van der Waals surface area contributed by atoms with Crippen LogP contribution < -0.4 is 10.5 Å². The summed E-state index contributed by atoms with van der Waals surface area (Å²) in [4.78, 5) is 4.23. The Bertz CT molecular complexity index is 1360. The van der Waals surface area contributed by atoms with Crippen molar-refractivity contribution < 1.29 is 17.2 Å². The van der Waals surface area contributed by atoms with Crippen LogP contribution in [-0.4, -0.2) is 23.2 Å². The van der Waals surface area contributed by atoms with Crippen LogP contribution >= 0.6 is 0 Å². The van der Waals surface area contributed by atoms with Gasteiger partial charge in [0, 0.05) is 13.0 Å². The van der Waals surface area contributed by atoms with Gasteiger partial charge in [0.1, 0.15) is 23.1 Å². The number of nitrogens with two attached hydrogens (primary N) is 1.